The molecule has 1 aromatic rings. The maximum absolute atomic E-state index is 5.66. The zero-order valence-corrected chi connectivity index (χ0v) is 12.3. The van der Waals surface area contributed by atoms with Gasteiger partial charge in [-0.3, -0.25) is 0 Å². The Hall–Kier alpha value is -1.06. The molecule has 3 heteroatoms. The Labute approximate surface area is 116 Å². The predicted octanol–water partition coefficient (Wildman–Crippen LogP) is 2.57. The fraction of sp³-hybridized carbons (Fsp3) is 0.625. The molecule has 0 radical (unpaired) electrons. The minimum absolute atomic E-state index is 0.0828. The first-order valence-electron chi connectivity index (χ1n) is 7.20. The number of hydrogen-bond donors (Lipinski definition) is 1. The second-order valence-corrected chi connectivity index (χ2v) is 5.66. The van der Waals surface area contributed by atoms with E-state index in [2.05, 4.69) is 37.4 Å². The summed E-state index contributed by atoms with van der Waals surface area (Å²) in [5.41, 5.74) is 2.65. The Morgan fingerprint density at radius 2 is 2.21 bits per heavy atom. The molecule has 0 saturated carbocycles. The van der Waals surface area contributed by atoms with Gasteiger partial charge in [-0.05, 0) is 50.9 Å². The lowest BCUT2D eigenvalue weighted by molar-refractivity contribution is -0.00857. The maximum atomic E-state index is 5.66. The molecule has 106 valence electrons. The van der Waals surface area contributed by atoms with Crippen LogP contribution in [0, 0.1) is 0 Å². The van der Waals surface area contributed by atoms with Crippen LogP contribution in [0.3, 0.4) is 0 Å². The number of benzene rings is 1. The quantitative estimate of drug-likeness (QED) is 0.767. The first kappa shape index (κ1) is 14.4. The Morgan fingerprint density at radius 3 is 3.00 bits per heavy atom. The standard InChI is InChI=1S/C16H25NO2/c1-4-19-16(2,3)12-17-9-7-13-5-6-15-14(11-13)8-10-18-15/h5-6,11,17H,4,7-10,12H2,1-3H3. The van der Waals surface area contributed by atoms with Gasteiger partial charge in [-0.1, -0.05) is 12.1 Å². The molecule has 1 N–H and O–H groups in total. The molecule has 0 fully saturated rings. The van der Waals surface area contributed by atoms with Gasteiger partial charge in [-0.15, -0.1) is 0 Å². The van der Waals surface area contributed by atoms with Gasteiger partial charge in [0.1, 0.15) is 5.75 Å². The first-order chi connectivity index (χ1) is 9.11. The third kappa shape index (κ3) is 4.22. The Balaban J connectivity index is 1.74. The number of hydrogen-bond acceptors (Lipinski definition) is 3. The number of rotatable bonds is 7. The van der Waals surface area contributed by atoms with Crippen LogP contribution in [0.2, 0.25) is 0 Å². The fourth-order valence-electron chi connectivity index (χ4n) is 2.46. The van der Waals surface area contributed by atoms with Crippen molar-refractivity contribution >= 4 is 0 Å². The molecule has 0 spiro atoms. The zero-order valence-electron chi connectivity index (χ0n) is 12.3. The van der Waals surface area contributed by atoms with Gasteiger partial charge in [-0.2, -0.15) is 0 Å². The first-order valence-corrected chi connectivity index (χ1v) is 7.20. The van der Waals surface area contributed by atoms with E-state index in [1.807, 2.05) is 6.92 Å². The largest absolute Gasteiger partial charge is 0.493 e. The van der Waals surface area contributed by atoms with Crippen LogP contribution in [0.5, 0.6) is 5.75 Å². The number of nitrogens with one attached hydrogen (secondary N) is 1. The smallest absolute Gasteiger partial charge is 0.122 e. The molecule has 19 heavy (non-hydrogen) atoms. The second kappa shape index (κ2) is 6.40. The third-order valence-electron chi connectivity index (χ3n) is 3.43. The molecule has 1 heterocycles. The Morgan fingerprint density at radius 1 is 1.37 bits per heavy atom. The molecule has 0 bridgehead atoms. The van der Waals surface area contributed by atoms with Gasteiger partial charge in [-0.25, -0.2) is 0 Å². The highest BCUT2D eigenvalue weighted by molar-refractivity contribution is 5.39. The molecular weight excluding hydrogens is 238 g/mol. The Kier molecular flexibility index (Phi) is 4.83. The van der Waals surface area contributed by atoms with Crippen molar-refractivity contribution in [3.05, 3.63) is 29.3 Å². The van der Waals surface area contributed by atoms with E-state index in [0.29, 0.717) is 0 Å². The summed E-state index contributed by atoms with van der Waals surface area (Å²) in [6, 6.07) is 6.54. The minimum Gasteiger partial charge on any atom is -0.493 e. The van der Waals surface area contributed by atoms with E-state index in [0.717, 1.165) is 44.9 Å². The molecule has 1 aromatic carbocycles. The summed E-state index contributed by atoms with van der Waals surface area (Å²) in [6.07, 6.45) is 2.10. The highest BCUT2D eigenvalue weighted by Gasteiger charge is 2.16. The van der Waals surface area contributed by atoms with Gasteiger partial charge in [0.25, 0.3) is 0 Å². The summed E-state index contributed by atoms with van der Waals surface area (Å²) in [4.78, 5) is 0. The van der Waals surface area contributed by atoms with Gasteiger partial charge >= 0.3 is 0 Å². The third-order valence-corrected chi connectivity index (χ3v) is 3.43. The van der Waals surface area contributed by atoms with E-state index < -0.39 is 0 Å². The minimum atomic E-state index is -0.0828. The molecule has 0 aromatic heterocycles. The summed E-state index contributed by atoms with van der Waals surface area (Å²) in [7, 11) is 0. The summed E-state index contributed by atoms with van der Waals surface area (Å²) in [5, 5.41) is 3.47. The second-order valence-electron chi connectivity index (χ2n) is 5.66. The lowest BCUT2D eigenvalue weighted by Gasteiger charge is -2.25. The zero-order chi connectivity index (χ0) is 13.7. The fourth-order valence-corrected chi connectivity index (χ4v) is 2.46. The molecule has 0 atom stereocenters. The van der Waals surface area contributed by atoms with Crippen LogP contribution in [0.15, 0.2) is 18.2 Å². The number of fused-ring (bicyclic) bond motifs is 1. The highest BCUT2D eigenvalue weighted by atomic mass is 16.5. The predicted molar refractivity (Wildman–Crippen MR) is 77.9 cm³/mol. The van der Waals surface area contributed by atoms with E-state index in [1.54, 1.807) is 0 Å². The van der Waals surface area contributed by atoms with Crippen molar-refractivity contribution in [1.82, 2.24) is 5.32 Å². The van der Waals surface area contributed by atoms with E-state index in [4.69, 9.17) is 9.47 Å². The van der Waals surface area contributed by atoms with Crippen LogP contribution in [0.1, 0.15) is 31.9 Å². The van der Waals surface area contributed by atoms with Gasteiger partial charge in [0.05, 0.1) is 12.2 Å². The average Bonchev–Trinajstić information content (AvgIpc) is 2.82. The van der Waals surface area contributed by atoms with E-state index >= 15 is 0 Å². The molecule has 1 aliphatic rings. The van der Waals surface area contributed by atoms with Crippen molar-refractivity contribution in [1.29, 1.82) is 0 Å². The van der Waals surface area contributed by atoms with E-state index in [1.165, 1.54) is 11.1 Å². The summed E-state index contributed by atoms with van der Waals surface area (Å²) in [6.45, 7) is 9.74. The van der Waals surface area contributed by atoms with Gasteiger partial charge in [0.2, 0.25) is 0 Å². The topological polar surface area (TPSA) is 30.5 Å². The van der Waals surface area contributed by atoms with Crippen LogP contribution >= 0.6 is 0 Å². The van der Waals surface area contributed by atoms with Gasteiger partial charge in [0, 0.05) is 19.6 Å². The number of ether oxygens (including phenoxy) is 2. The average molecular weight is 263 g/mol. The van der Waals surface area contributed by atoms with Crippen molar-refractivity contribution in [2.75, 3.05) is 26.3 Å². The molecule has 0 saturated heterocycles. The van der Waals surface area contributed by atoms with Crippen molar-refractivity contribution in [3.8, 4) is 5.75 Å². The van der Waals surface area contributed by atoms with Crippen molar-refractivity contribution < 1.29 is 9.47 Å². The van der Waals surface area contributed by atoms with Gasteiger partial charge in [0.15, 0.2) is 0 Å². The van der Waals surface area contributed by atoms with Crippen LogP contribution < -0.4 is 10.1 Å². The summed E-state index contributed by atoms with van der Waals surface area (Å²) in [5.74, 6) is 1.06. The lowest BCUT2D eigenvalue weighted by Crippen LogP contribution is -2.38. The molecule has 0 aliphatic carbocycles. The highest BCUT2D eigenvalue weighted by Crippen LogP contribution is 2.25. The van der Waals surface area contributed by atoms with Gasteiger partial charge < -0.3 is 14.8 Å². The molecule has 0 unspecified atom stereocenters. The van der Waals surface area contributed by atoms with Crippen LogP contribution in [-0.4, -0.2) is 31.9 Å². The van der Waals surface area contributed by atoms with Crippen LogP contribution in [0.25, 0.3) is 0 Å². The van der Waals surface area contributed by atoms with Crippen LogP contribution in [0.4, 0.5) is 0 Å². The summed E-state index contributed by atoms with van der Waals surface area (Å²) >= 11 is 0. The molecule has 1 aliphatic heterocycles. The molecular formula is C16H25NO2. The van der Waals surface area contributed by atoms with Crippen LogP contribution in [-0.2, 0) is 17.6 Å². The molecule has 2 rings (SSSR count). The van der Waals surface area contributed by atoms with E-state index in [-0.39, 0.29) is 5.60 Å². The molecule has 0 amide bonds. The Bertz CT molecular complexity index is 415. The van der Waals surface area contributed by atoms with Crippen molar-refractivity contribution in [3.63, 3.8) is 0 Å². The molecule has 3 nitrogen and oxygen atoms in total. The normalized spacial score (nSPS) is 14.3. The lowest BCUT2D eigenvalue weighted by atomic mass is 10.1. The maximum Gasteiger partial charge on any atom is 0.122 e. The van der Waals surface area contributed by atoms with E-state index in [9.17, 15) is 0 Å². The van der Waals surface area contributed by atoms with Crippen molar-refractivity contribution in [2.24, 2.45) is 0 Å². The monoisotopic (exact) mass is 263 g/mol. The SMILES string of the molecule is CCOC(C)(C)CNCCc1ccc2c(c1)CCO2. The van der Waals surface area contributed by atoms with Crippen molar-refractivity contribution in [2.45, 2.75) is 39.2 Å². The summed E-state index contributed by atoms with van der Waals surface area (Å²) < 4.78 is 11.2.